The lowest BCUT2D eigenvalue weighted by atomic mass is 9.92. The summed E-state index contributed by atoms with van der Waals surface area (Å²) < 4.78 is 24.8. The summed E-state index contributed by atoms with van der Waals surface area (Å²) >= 11 is 0. The van der Waals surface area contributed by atoms with Crippen molar-refractivity contribution in [1.29, 1.82) is 0 Å². The highest BCUT2D eigenvalue weighted by molar-refractivity contribution is 5.98. The zero-order valence-electron chi connectivity index (χ0n) is 14.7. The van der Waals surface area contributed by atoms with E-state index in [4.69, 9.17) is 15.2 Å². The van der Waals surface area contributed by atoms with Gasteiger partial charge in [0.25, 0.3) is 5.91 Å². The summed E-state index contributed by atoms with van der Waals surface area (Å²) in [4.78, 5) is 18.5. The van der Waals surface area contributed by atoms with Crippen molar-refractivity contribution in [2.24, 2.45) is 0 Å². The molecule has 1 amide bonds. The summed E-state index contributed by atoms with van der Waals surface area (Å²) in [6.07, 6.45) is 3.06. The first-order chi connectivity index (χ1) is 12.5. The molecular weight excluding hydrogens is 337 g/mol. The van der Waals surface area contributed by atoms with Crippen molar-refractivity contribution in [3.05, 3.63) is 54.0 Å². The Balaban J connectivity index is 1.72. The molecule has 3 rings (SSSR count). The first-order valence-corrected chi connectivity index (χ1v) is 8.46. The van der Waals surface area contributed by atoms with Crippen LogP contribution in [0, 0.1) is 5.82 Å². The lowest BCUT2D eigenvalue weighted by Gasteiger charge is -2.41. The normalized spacial score (nSPS) is 20.0. The highest BCUT2D eigenvalue weighted by Crippen LogP contribution is 2.28. The van der Waals surface area contributed by atoms with Crippen LogP contribution in [0.1, 0.15) is 23.2 Å². The van der Waals surface area contributed by atoms with E-state index in [0.29, 0.717) is 24.4 Å². The van der Waals surface area contributed by atoms with Crippen molar-refractivity contribution in [1.82, 2.24) is 9.88 Å². The second-order valence-corrected chi connectivity index (χ2v) is 6.40. The van der Waals surface area contributed by atoms with Gasteiger partial charge >= 0.3 is 0 Å². The number of benzene rings is 1. The molecule has 26 heavy (non-hydrogen) atoms. The first kappa shape index (κ1) is 18.1. The molecule has 7 heteroatoms. The molecule has 1 aliphatic rings. The second kappa shape index (κ2) is 7.70. The standard InChI is InChI=1S/C19H22FN3O3/c1-25-19(13-26-15-6-2-5-14(20)11-15)8-4-10-23(12-19)18(24)16-7-3-9-22-17(16)21/h2-3,5-7,9,11H,4,8,10,12-13H2,1H3,(H2,21,22). The number of carbonyl (C=O) groups excluding carboxylic acids is 1. The van der Waals surface area contributed by atoms with Gasteiger partial charge in [0.1, 0.15) is 29.6 Å². The smallest absolute Gasteiger partial charge is 0.257 e. The number of nitrogens with two attached hydrogens (primary N) is 1. The second-order valence-electron chi connectivity index (χ2n) is 6.40. The fourth-order valence-corrected chi connectivity index (χ4v) is 3.16. The molecule has 1 atom stereocenters. The van der Waals surface area contributed by atoms with Crippen molar-refractivity contribution in [2.75, 3.05) is 32.5 Å². The summed E-state index contributed by atoms with van der Waals surface area (Å²) in [6, 6.07) is 9.31. The number of nitrogens with zero attached hydrogens (tertiary/aromatic N) is 2. The Morgan fingerprint density at radius 2 is 2.23 bits per heavy atom. The summed E-state index contributed by atoms with van der Waals surface area (Å²) in [5.74, 6) is 0.104. The predicted octanol–water partition coefficient (Wildman–Crippen LogP) is 2.50. The molecule has 2 heterocycles. The van der Waals surface area contributed by atoms with Gasteiger partial charge < -0.3 is 20.1 Å². The van der Waals surface area contributed by atoms with Gasteiger partial charge in [-0.15, -0.1) is 0 Å². The van der Waals surface area contributed by atoms with Gasteiger partial charge in [-0.2, -0.15) is 0 Å². The monoisotopic (exact) mass is 359 g/mol. The van der Waals surface area contributed by atoms with Gasteiger partial charge in [0.15, 0.2) is 0 Å². The average molecular weight is 359 g/mol. The number of halogens is 1. The third-order valence-electron chi connectivity index (χ3n) is 4.63. The summed E-state index contributed by atoms with van der Waals surface area (Å²) in [6.45, 7) is 1.20. The number of ether oxygens (including phenoxy) is 2. The SMILES string of the molecule is COC1(COc2cccc(F)c2)CCCN(C(=O)c2cccnc2N)C1. The predicted molar refractivity (Wildman–Crippen MR) is 95.4 cm³/mol. The molecule has 0 spiro atoms. The molecule has 2 aromatic rings. The van der Waals surface area contributed by atoms with E-state index < -0.39 is 5.60 Å². The number of nitrogen functional groups attached to an aromatic ring is 1. The van der Waals surface area contributed by atoms with E-state index in [2.05, 4.69) is 4.98 Å². The highest BCUT2D eigenvalue weighted by Gasteiger charge is 2.38. The Labute approximate surface area is 151 Å². The van der Waals surface area contributed by atoms with E-state index in [1.54, 1.807) is 42.5 Å². The first-order valence-electron chi connectivity index (χ1n) is 8.46. The Morgan fingerprint density at radius 3 is 2.96 bits per heavy atom. The number of aromatic nitrogens is 1. The minimum absolute atomic E-state index is 0.178. The fourth-order valence-electron chi connectivity index (χ4n) is 3.16. The van der Waals surface area contributed by atoms with Gasteiger partial charge in [-0.05, 0) is 37.1 Å². The van der Waals surface area contributed by atoms with Crippen LogP contribution in [0.5, 0.6) is 5.75 Å². The fraction of sp³-hybridized carbons (Fsp3) is 0.368. The zero-order chi connectivity index (χ0) is 18.6. The van der Waals surface area contributed by atoms with E-state index in [1.165, 1.54) is 12.1 Å². The maximum absolute atomic E-state index is 13.3. The lowest BCUT2D eigenvalue weighted by Crippen LogP contribution is -2.54. The van der Waals surface area contributed by atoms with Crippen molar-refractivity contribution >= 4 is 11.7 Å². The number of anilines is 1. The third kappa shape index (κ3) is 3.94. The molecule has 1 aliphatic heterocycles. The maximum Gasteiger partial charge on any atom is 0.257 e. The quantitative estimate of drug-likeness (QED) is 0.887. The van der Waals surface area contributed by atoms with Crippen molar-refractivity contribution in [3.8, 4) is 5.75 Å². The number of methoxy groups -OCH3 is 1. The molecule has 0 radical (unpaired) electrons. The molecule has 138 valence electrons. The molecule has 1 saturated heterocycles. The van der Waals surface area contributed by atoms with Crippen LogP contribution in [0.4, 0.5) is 10.2 Å². The van der Waals surface area contributed by atoms with E-state index in [1.807, 2.05) is 0 Å². The van der Waals surface area contributed by atoms with Crippen LogP contribution >= 0.6 is 0 Å². The number of pyridine rings is 1. The molecular formula is C19H22FN3O3. The van der Waals surface area contributed by atoms with Crippen LogP contribution in [-0.2, 0) is 4.74 Å². The van der Waals surface area contributed by atoms with E-state index in [-0.39, 0.29) is 24.1 Å². The van der Waals surface area contributed by atoms with Gasteiger partial charge in [-0.25, -0.2) is 9.37 Å². The van der Waals surface area contributed by atoms with Crippen LogP contribution in [0.25, 0.3) is 0 Å². The summed E-state index contributed by atoms with van der Waals surface area (Å²) in [5, 5.41) is 0. The van der Waals surface area contributed by atoms with Gasteiger partial charge in [0.05, 0.1) is 12.1 Å². The van der Waals surface area contributed by atoms with Crippen LogP contribution < -0.4 is 10.5 Å². The molecule has 1 unspecified atom stereocenters. The van der Waals surface area contributed by atoms with E-state index in [0.717, 1.165) is 12.8 Å². The molecule has 2 N–H and O–H groups in total. The minimum Gasteiger partial charge on any atom is -0.490 e. The van der Waals surface area contributed by atoms with Gasteiger partial charge in [-0.3, -0.25) is 4.79 Å². The molecule has 1 aromatic carbocycles. The molecule has 0 aliphatic carbocycles. The third-order valence-corrected chi connectivity index (χ3v) is 4.63. The Bertz CT molecular complexity index is 786. The topological polar surface area (TPSA) is 77.7 Å². The number of rotatable bonds is 5. The van der Waals surface area contributed by atoms with Crippen LogP contribution in [0.15, 0.2) is 42.6 Å². The Kier molecular flexibility index (Phi) is 5.37. The summed E-state index contributed by atoms with van der Waals surface area (Å²) in [5.41, 5.74) is 5.55. The average Bonchev–Trinajstić information content (AvgIpc) is 2.66. The highest BCUT2D eigenvalue weighted by atomic mass is 19.1. The van der Waals surface area contributed by atoms with Crippen LogP contribution in [0.2, 0.25) is 0 Å². The van der Waals surface area contributed by atoms with Gasteiger partial charge in [0, 0.05) is 25.9 Å². The Morgan fingerprint density at radius 1 is 1.38 bits per heavy atom. The molecule has 6 nitrogen and oxygen atoms in total. The van der Waals surface area contributed by atoms with Gasteiger partial charge in [-0.1, -0.05) is 6.07 Å². The summed E-state index contributed by atoms with van der Waals surface area (Å²) in [7, 11) is 1.60. The zero-order valence-corrected chi connectivity index (χ0v) is 14.7. The maximum atomic E-state index is 13.3. The van der Waals surface area contributed by atoms with Crippen LogP contribution in [-0.4, -0.2) is 48.2 Å². The Hall–Kier alpha value is -2.67. The van der Waals surface area contributed by atoms with Crippen LogP contribution in [0.3, 0.4) is 0 Å². The molecule has 1 fully saturated rings. The number of carbonyl (C=O) groups is 1. The minimum atomic E-state index is -0.656. The van der Waals surface area contributed by atoms with Crippen molar-refractivity contribution in [2.45, 2.75) is 18.4 Å². The molecule has 0 bridgehead atoms. The number of amides is 1. The molecule has 1 aromatic heterocycles. The lowest BCUT2D eigenvalue weighted by molar-refractivity contribution is -0.0825. The number of piperidine rings is 1. The molecule has 0 saturated carbocycles. The van der Waals surface area contributed by atoms with Crippen molar-refractivity contribution < 1.29 is 18.7 Å². The number of hydrogen-bond acceptors (Lipinski definition) is 5. The largest absolute Gasteiger partial charge is 0.490 e. The van der Waals surface area contributed by atoms with E-state index >= 15 is 0 Å². The van der Waals surface area contributed by atoms with Gasteiger partial charge in [0.2, 0.25) is 0 Å². The number of hydrogen-bond donors (Lipinski definition) is 1. The number of likely N-dealkylation sites (tertiary alicyclic amines) is 1. The van der Waals surface area contributed by atoms with E-state index in [9.17, 15) is 9.18 Å². The van der Waals surface area contributed by atoms with Crippen molar-refractivity contribution in [3.63, 3.8) is 0 Å².